The monoisotopic (exact) mass is 376 g/mol. The number of piperazine rings is 1. The van der Waals surface area contributed by atoms with E-state index in [9.17, 15) is 14.4 Å². The van der Waals surface area contributed by atoms with Crippen molar-refractivity contribution in [3.63, 3.8) is 0 Å². The number of hydrogen-bond donors (Lipinski definition) is 1. The maximum absolute atomic E-state index is 12.9. The molecule has 7 heteroatoms. The van der Waals surface area contributed by atoms with Crippen molar-refractivity contribution in [2.45, 2.75) is 39.7 Å². The minimum atomic E-state index is -0.867. The summed E-state index contributed by atoms with van der Waals surface area (Å²) in [6, 6.07) is 5.96. The Kier molecular flexibility index (Phi) is 7.64. The summed E-state index contributed by atoms with van der Waals surface area (Å²) >= 11 is 0. The summed E-state index contributed by atoms with van der Waals surface area (Å²) in [5.41, 5.74) is 0.425. The molecule has 0 radical (unpaired) electrons. The first-order chi connectivity index (χ1) is 12.9. The smallest absolute Gasteiger partial charge is 0.308 e. The van der Waals surface area contributed by atoms with Crippen LogP contribution in [-0.2, 0) is 14.3 Å². The van der Waals surface area contributed by atoms with Gasteiger partial charge in [-0.05, 0) is 37.5 Å². The lowest BCUT2D eigenvalue weighted by molar-refractivity contribution is -0.148. The average molecular weight is 376 g/mol. The SMILES string of the molecule is CCOc1cccc(C(=O)N2CCNC(=O)C2CC(=O)OCCC(C)C)c1. The minimum absolute atomic E-state index is 0.152. The summed E-state index contributed by atoms with van der Waals surface area (Å²) in [5.74, 6) is -0.0951. The molecule has 1 aliphatic rings. The number of nitrogens with one attached hydrogen (secondary N) is 1. The van der Waals surface area contributed by atoms with Crippen LogP contribution in [0.15, 0.2) is 24.3 Å². The molecule has 148 valence electrons. The number of hydrogen-bond acceptors (Lipinski definition) is 5. The quantitative estimate of drug-likeness (QED) is 0.702. The molecule has 1 aromatic carbocycles. The Morgan fingerprint density at radius 2 is 2.11 bits per heavy atom. The number of ether oxygens (including phenoxy) is 2. The highest BCUT2D eigenvalue weighted by molar-refractivity contribution is 5.99. The Morgan fingerprint density at radius 3 is 2.81 bits per heavy atom. The van der Waals surface area contributed by atoms with Crippen molar-refractivity contribution in [3.8, 4) is 5.75 Å². The number of benzene rings is 1. The molecule has 1 fully saturated rings. The van der Waals surface area contributed by atoms with E-state index in [1.54, 1.807) is 24.3 Å². The van der Waals surface area contributed by atoms with E-state index >= 15 is 0 Å². The molecule has 1 saturated heterocycles. The van der Waals surface area contributed by atoms with Crippen LogP contribution in [0.1, 0.15) is 44.0 Å². The Hall–Kier alpha value is -2.57. The van der Waals surface area contributed by atoms with Gasteiger partial charge in [0.15, 0.2) is 0 Å². The summed E-state index contributed by atoms with van der Waals surface area (Å²) in [6.45, 7) is 7.45. The predicted molar refractivity (Wildman–Crippen MR) is 100 cm³/mol. The van der Waals surface area contributed by atoms with Gasteiger partial charge in [-0.15, -0.1) is 0 Å². The van der Waals surface area contributed by atoms with E-state index in [2.05, 4.69) is 5.32 Å². The van der Waals surface area contributed by atoms with Gasteiger partial charge in [-0.25, -0.2) is 0 Å². The van der Waals surface area contributed by atoms with E-state index in [0.29, 0.717) is 43.5 Å². The summed E-state index contributed by atoms with van der Waals surface area (Å²) in [6.07, 6.45) is 0.607. The Labute approximate surface area is 160 Å². The maximum Gasteiger partial charge on any atom is 0.308 e. The van der Waals surface area contributed by atoms with Crippen LogP contribution in [0.5, 0.6) is 5.75 Å². The molecule has 7 nitrogen and oxygen atoms in total. The first-order valence-corrected chi connectivity index (χ1v) is 9.39. The van der Waals surface area contributed by atoms with Gasteiger partial charge in [0.05, 0.1) is 19.6 Å². The zero-order valence-corrected chi connectivity index (χ0v) is 16.2. The third-order valence-corrected chi connectivity index (χ3v) is 4.30. The lowest BCUT2D eigenvalue weighted by Crippen LogP contribution is -2.57. The van der Waals surface area contributed by atoms with Crippen molar-refractivity contribution < 1.29 is 23.9 Å². The van der Waals surface area contributed by atoms with E-state index in [1.165, 1.54) is 4.90 Å². The number of amides is 2. The van der Waals surface area contributed by atoms with Crippen LogP contribution >= 0.6 is 0 Å². The summed E-state index contributed by atoms with van der Waals surface area (Å²) in [7, 11) is 0. The second kappa shape index (κ2) is 9.94. The third kappa shape index (κ3) is 5.98. The molecule has 0 aromatic heterocycles. The predicted octanol–water partition coefficient (Wildman–Crippen LogP) is 2.01. The van der Waals surface area contributed by atoms with Gasteiger partial charge in [0.1, 0.15) is 11.8 Å². The Balaban J connectivity index is 2.08. The fraction of sp³-hybridized carbons (Fsp3) is 0.550. The second-order valence-corrected chi connectivity index (χ2v) is 6.87. The second-order valence-electron chi connectivity index (χ2n) is 6.87. The van der Waals surface area contributed by atoms with Gasteiger partial charge in [0, 0.05) is 18.7 Å². The fourth-order valence-corrected chi connectivity index (χ4v) is 2.84. The van der Waals surface area contributed by atoms with Crippen LogP contribution in [0.3, 0.4) is 0 Å². The number of carbonyl (C=O) groups excluding carboxylic acids is 3. The average Bonchev–Trinajstić information content (AvgIpc) is 2.63. The van der Waals surface area contributed by atoms with Crippen LogP contribution in [0.2, 0.25) is 0 Å². The van der Waals surface area contributed by atoms with Crippen LogP contribution in [0.25, 0.3) is 0 Å². The summed E-state index contributed by atoms with van der Waals surface area (Å²) < 4.78 is 10.6. The zero-order chi connectivity index (χ0) is 19.8. The standard InChI is InChI=1S/C20H28N2O5/c1-4-26-16-7-5-6-15(12-16)20(25)22-10-9-21-19(24)17(22)13-18(23)27-11-8-14(2)3/h5-7,12,14,17H,4,8-11,13H2,1-3H3,(H,21,24). The molecule has 1 aromatic rings. The Morgan fingerprint density at radius 1 is 1.33 bits per heavy atom. The van der Waals surface area contributed by atoms with Crippen molar-refractivity contribution in [2.24, 2.45) is 5.92 Å². The van der Waals surface area contributed by atoms with Crippen molar-refractivity contribution in [3.05, 3.63) is 29.8 Å². The third-order valence-electron chi connectivity index (χ3n) is 4.30. The first kappa shape index (κ1) is 20.7. The lowest BCUT2D eigenvalue weighted by Gasteiger charge is -2.34. The maximum atomic E-state index is 12.9. The van der Waals surface area contributed by atoms with E-state index in [1.807, 2.05) is 20.8 Å². The lowest BCUT2D eigenvalue weighted by atomic mass is 10.1. The molecule has 1 atom stereocenters. The highest BCUT2D eigenvalue weighted by Gasteiger charge is 2.35. The van der Waals surface area contributed by atoms with E-state index < -0.39 is 12.0 Å². The zero-order valence-electron chi connectivity index (χ0n) is 16.2. The van der Waals surface area contributed by atoms with Gasteiger partial charge in [-0.2, -0.15) is 0 Å². The first-order valence-electron chi connectivity index (χ1n) is 9.39. The van der Waals surface area contributed by atoms with Gasteiger partial charge in [-0.3, -0.25) is 14.4 Å². The van der Waals surface area contributed by atoms with Crippen molar-refractivity contribution >= 4 is 17.8 Å². The highest BCUT2D eigenvalue weighted by Crippen LogP contribution is 2.19. The summed E-state index contributed by atoms with van der Waals surface area (Å²) in [4.78, 5) is 38.8. The van der Waals surface area contributed by atoms with Gasteiger partial charge in [0.2, 0.25) is 5.91 Å². The van der Waals surface area contributed by atoms with Crippen molar-refractivity contribution in [1.82, 2.24) is 10.2 Å². The minimum Gasteiger partial charge on any atom is -0.494 e. The van der Waals surface area contributed by atoms with Gasteiger partial charge >= 0.3 is 5.97 Å². The normalized spacial score (nSPS) is 16.8. The van der Waals surface area contributed by atoms with E-state index in [4.69, 9.17) is 9.47 Å². The molecular weight excluding hydrogens is 348 g/mol. The van der Waals surface area contributed by atoms with Crippen LogP contribution < -0.4 is 10.1 Å². The molecule has 0 saturated carbocycles. The Bertz CT molecular complexity index is 674. The molecule has 1 unspecified atom stereocenters. The molecule has 1 N–H and O–H groups in total. The van der Waals surface area contributed by atoms with Crippen LogP contribution in [-0.4, -0.2) is 55.0 Å². The number of rotatable bonds is 8. The van der Waals surface area contributed by atoms with E-state index in [-0.39, 0.29) is 18.2 Å². The molecule has 1 aliphatic heterocycles. The molecule has 1 heterocycles. The van der Waals surface area contributed by atoms with Gasteiger partial charge < -0.3 is 19.7 Å². The molecule has 0 spiro atoms. The van der Waals surface area contributed by atoms with Crippen LogP contribution in [0.4, 0.5) is 0 Å². The number of nitrogens with zero attached hydrogens (tertiary/aromatic N) is 1. The fourth-order valence-electron chi connectivity index (χ4n) is 2.84. The molecule has 2 rings (SSSR count). The topological polar surface area (TPSA) is 84.9 Å². The van der Waals surface area contributed by atoms with Crippen LogP contribution in [0, 0.1) is 5.92 Å². The summed E-state index contributed by atoms with van der Waals surface area (Å²) in [5, 5.41) is 2.71. The van der Waals surface area contributed by atoms with E-state index in [0.717, 1.165) is 6.42 Å². The number of esters is 1. The van der Waals surface area contributed by atoms with Gasteiger partial charge in [0.25, 0.3) is 5.91 Å². The van der Waals surface area contributed by atoms with Crippen molar-refractivity contribution in [1.29, 1.82) is 0 Å². The van der Waals surface area contributed by atoms with Gasteiger partial charge in [-0.1, -0.05) is 19.9 Å². The molecular formula is C20H28N2O5. The largest absolute Gasteiger partial charge is 0.494 e. The highest BCUT2D eigenvalue weighted by atomic mass is 16.5. The molecule has 2 amide bonds. The number of carbonyl (C=O) groups is 3. The molecule has 0 aliphatic carbocycles. The molecule has 0 bridgehead atoms. The molecule has 27 heavy (non-hydrogen) atoms. The van der Waals surface area contributed by atoms with Crippen molar-refractivity contribution in [2.75, 3.05) is 26.3 Å².